The molecular weight excluding hydrogens is 256 g/mol. The van der Waals surface area contributed by atoms with Gasteiger partial charge in [-0.15, -0.1) is 0 Å². The second-order valence-corrected chi connectivity index (χ2v) is 6.38. The normalized spacial score (nSPS) is 12.4. The number of hydrogen-bond donors (Lipinski definition) is 3. The Balaban J connectivity index is 2.81. The van der Waals surface area contributed by atoms with Gasteiger partial charge in [0, 0.05) is 13.6 Å². The SMILES string of the molecule is CNC(=O)C(C)(C)CNS(=O)(=O)c1cn[nH]c1C. The van der Waals surface area contributed by atoms with Crippen molar-refractivity contribution in [3.63, 3.8) is 0 Å². The molecule has 8 heteroatoms. The van der Waals surface area contributed by atoms with Crippen LogP contribution in [0.4, 0.5) is 0 Å². The minimum Gasteiger partial charge on any atom is -0.359 e. The Bertz CT molecular complexity index is 533. The van der Waals surface area contributed by atoms with Crippen molar-refractivity contribution in [2.24, 2.45) is 5.41 Å². The summed E-state index contributed by atoms with van der Waals surface area (Å²) >= 11 is 0. The Labute approximate surface area is 106 Å². The molecule has 7 nitrogen and oxygen atoms in total. The molecule has 0 bridgehead atoms. The quantitative estimate of drug-likeness (QED) is 0.689. The van der Waals surface area contributed by atoms with E-state index in [-0.39, 0.29) is 17.3 Å². The van der Waals surface area contributed by atoms with Gasteiger partial charge in [0.05, 0.1) is 17.3 Å². The highest BCUT2D eigenvalue weighted by molar-refractivity contribution is 7.89. The van der Waals surface area contributed by atoms with Gasteiger partial charge in [-0.3, -0.25) is 9.89 Å². The van der Waals surface area contributed by atoms with E-state index in [1.165, 1.54) is 13.2 Å². The van der Waals surface area contributed by atoms with Gasteiger partial charge in [-0.2, -0.15) is 5.10 Å². The van der Waals surface area contributed by atoms with E-state index in [1.807, 2.05) is 0 Å². The van der Waals surface area contributed by atoms with Crippen molar-refractivity contribution < 1.29 is 13.2 Å². The molecular formula is C10H18N4O3S. The minimum atomic E-state index is -3.65. The van der Waals surface area contributed by atoms with Crippen molar-refractivity contribution in [1.82, 2.24) is 20.2 Å². The maximum atomic E-state index is 12.0. The molecule has 3 N–H and O–H groups in total. The highest BCUT2D eigenvalue weighted by Crippen LogP contribution is 2.16. The summed E-state index contributed by atoms with van der Waals surface area (Å²) in [5.41, 5.74) is -0.361. The first-order valence-electron chi connectivity index (χ1n) is 5.42. The Hall–Kier alpha value is -1.41. The zero-order valence-electron chi connectivity index (χ0n) is 10.9. The molecule has 0 aliphatic rings. The first-order chi connectivity index (χ1) is 8.20. The van der Waals surface area contributed by atoms with Crippen LogP contribution in [-0.2, 0) is 14.8 Å². The molecule has 18 heavy (non-hydrogen) atoms. The van der Waals surface area contributed by atoms with Crippen LogP contribution in [0.15, 0.2) is 11.1 Å². The lowest BCUT2D eigenvalue weighted by atomic mass is 9.93. The van der Waals surface area contributed by atoms with E-state index in [1.54, 1.807) is 20.8 Å². The monoisotopic (exact) mass is 274 g/mol. The summed E-state index contributed by atoms with van der Waals surface area (Å²) in [6.07, 6.45) is 1.24. The Morgan fingerprint density at radius 3 is 2.56 bits per heavy atom. The molecule has 1 rings (SSSR count). The smallest absolute Gasteiger partial charge is 0.243 e. The third kappa shape index (κ3) is 3.08. The lowest BCUT2D eigenvalue weighted by molar-refractivity contribution is -0.128. The Kier molecular flexibility index (Phi) is 4.12. The zero-order chi connectivity index (χ0) is 14.0. The first kappa shape index (κ1) is 14.7. The van der Waals surface area contributed by atoms with Crippen molar-refractivity contribution in [3.8, 4) is 0 Å². The van der Waals surface area contributed by atoms with Gasteiger partial charge in [-0.25, -0.2) is 13.1 Å². The van der Waals surface area contributed by atoms with Crippen LogP contribution in [0.5, 0.6) is 0 Å². The summed E-state index contributed by atoms with van der Waals surface area (Å²) in [5, 5.41) is 8.71. The van der Waals surface area contributed by atoms with Crippen LogP contribution in [0.2, 0.25) is 0 Å². The van der Waals surface area contributed by atoms with Gasteiger partial charge in [-0.1, -0.05) is 0 Å². The average Bonchev–Trinajstić information content (AvgIpc) is 2.73. The lowest BCUT2D eigenvalue weighted by Gasteiger charge is -2.22. The predicted molar refractivity (Wildman–Crippen MR) is 66.4 cm³/mol. The minimum absolute atomic E-state index is 0.0135. The van der Waals surface area contributed by atoms with Crippen LogP contribution in [0.25, 0.3) is 0 Å². The standard InChI is InChI=1S/C10H18N4O3S/c1-7-8(5-12-14-7)18(16,17)13-6-10(2,3)9(15)11-4/h5,13H,6H2,1-4H3,(H,11,15)(H,12,14). The van der Waals surface area contributed by atoms with Crippen LogP contribution in [0.3, 0.4) is 0 Å². The van der Waals surface area contributed by atoms with E-state index in [0.29, 0.717) is 5.69 Å². The molecule has 0 saturated heterocycles. The van der Waals surface area contributed by atoms with Crippen LogP contribution in [0, 0.1) is 12.3 Å². The number of carbonyl (C=O) groups is 1. The number of aryl methyl sites for hydroxylation is 1. The van der Waals surface area contributed by atoms with Crippen molar-refractivity contribution in [3.05, 3.63) is 11.9 Å². The molecule has 0 fully saturated rings. The van der Waals surface area contributed by atoms with Crippen LogP contribution in [0.1, 0.15) is 19.5 Å². The summed E-state index contributed by atoms with van der Waals surface area (Å²) < 4.78 is 26.3. The summed E-state index contributed by atoms with van der Waals surface area (Å²) in [6.45, 7) is 4.96. The highest BCUT2D eigenvalue weighted by atomic mass is 32.2. The van der Waals surface area contributed by atoms with E-state index >= 15 is 0 Å². The van der Waals surface area contributed by atoms with Crippen molar-refractivity contribution in [2.75, 3.05) is 13.6 Å². The van der Waals surface area contributed by atoms with Gasteiger partial charge in [0.15, 0.2) is 0 Å². The maximum absolute atomic E-state index is 12.0. The third-order valence-corrected chi connectivity index (χ3v) is 4.13. The molecule has 0 radical (unpaired) electrons. The number of nitrogens with zero attached hydrogens (tertiary/aromatic N) is 1. The number of aromatic amines is 1. The van der Waals surface area contributed by atoms with Crippen molar-refractivity contribution >= 4 is 15.9 Å². The molecule has 0 unspecified atom stereocenters. The number of amides is 1. The average molecular weight is 274 g/mol. The second-order valence-electron chi connectivity index (χ2n) is 4.65. The van der Waals surface area contributed by atoms with Gasteiger partial charge < -0.3 is 5.32 Å². The van der Waals surface area contributed by atoms with Crippen molar-refractivity contribution in [1.29, 1.82) is 0 Å². The van der Waals surface area contributed by atoms with E-state index in [0.717, 1.165) is 0 Å². The molecule has 0 atom stereocenters. The molecule has 1 aromatic rings. The number of carbonyl (C=O) groups excluding carboxylic acids is 1. The lowest BCUT2D eigenvalue weighted by Crippen LogP contribution is -2.43. The van der Waals surface area contributed by atoms with Crippen LogP contribution in [-0.4, -0.2) is 38.1 Å². The molecule has 0 aromatic carbocycles. The summed E-state index contributed by atoms with van der Waals surface area (Å²) in [6, 6.07) is 0. The Morgan fingerprint density at radius 1 is 1.50 bits per heavy atom. The fraction of sp³-hybridized carbons (Fsp3) is 0.600. The number of aromatic nitrogens is 2. The van der Waals surface area contributed by atoms with Gasteiger partial charge in [0.1, 0.15) is 4.90 Å². The third-order valence-electron chi connectivity index (χ3n) is 2.62. The fourth-order valence-electron chi connectivity index (χ4n) is 1.38. The zero-order valence-corrected chi connectivity index (χ0v) is 11.7. The molecule has 0 saturated carbocycles. The topological polar surface area (TPSA) is 104 Å². The Morgan fingerprint density at radius 2 is 2.11 bits per heavy atom. The maximum Gasteiger partial charge on any atom is 0.243 e. The van der Waals surface area contributed by atoms with Crippen LogP contribution < -0.4 is 10.0 Å². The van der Waals surface area contributed by atoms with Gasteiger partial charge in [0.25, 0.3) is 0 Å². The van der Waals surface area contributed by atoms with Gasteiger partial charge in [-0.05, 0) is 20.8 Å². The van der Waals surface area contributed by atoms with E-state index < -0.39 is 15.4 Å². The number of sulfonamides is 1. The molecule has 102 valence electrons. The van der Waals surface area contributed by atoms with E-state index in [9.17, 15) is 13.2 Å². The van der Waals surface area contributed by atoms with Crippen molar-refractivity contribution in [2.45, 2.75) is 25.7 Å². The predicted octanol–water partition coefficient (Wildman–Crippen LogP) is -0.231. The number of nitrogens with one attached hydrogen (secondary N) is 3. The molecule has 1 aromatic heterocycles. The molecule has 0 aliphatic heterocycles. The molecule has 1 amide bonds. The number of rotatable bonds is 5. The largest absolute Gasteiger partial charge is 0.359 e. The molecule has 0 aliphatic carbocycles. The van der Waals surface area contributed by atoms with E-state index in [2.05, 4.69) is 20.2 Å². The first-order valence-corrected chi connectivity index (χ1v) is 6.91. The van der Waals surface area contributed by atoms with Crippen LogP contribution >= 0.6 is 0 Å². The second kappa shape index (κ2) is 5.07. The summed E-state index contributed by atoms with van der Waals surface area (Å²) in [5.74, 6) is -0.228. The van der Waals surface area contributed by atoms with Gasteiger partial charge in [0.2, 0.25) is 15.9 Å². The van der Waals surface area contributed by atoms with Gasteiger partial charge >= 0.3 is 0 Å². The molecule has 1 heterocycles. The fourth-order valence-corrected chi connectivity index (χ4v) is 2.73. The highest BCUT2D eigenvalue weighted by Gasteiger charge is 2.29. The molecule has 0 spiro atoms. The summed E-state index contributed by atoms with van der Waals surface area (Å²) in [7, 11) is -2.13. The number of H-pyrrole nitrogens is 1. The number of hydrogen-bond acceptors (Lipinski definition) is 4. The summed E-state index contributed by atoms with van der Waals surface area (Å²) in [4.78, 5) is 11.6. The van der Waals surface area contributed by atoms with E-state index in [4.69, 9.17) is 0 Å².